The number of benzene rings is 3. The molecule has 0 heterocycles. The van der Waals surface area contributed by atoms with E-state index in [0.717, 1.165) is 5.56 Å². The van der Waals surface area contributed by atoms with Gasteiger partial charge in [-0.25, -0.2) is 0 Å². The van der Waals surface area contributed by atoms with Crippen molar-refractivity contribution in [2.75, 3.05) is 18.5 Å². The molecule has 3 rings (SSSR count). The van der Waals surface area contributed by atoms with Crippen molar-refractivity contribution in [1.82, 2.24) is 0 Å². The molecule has 0 atom stereocenters. The van der Waals surface area contributed by atoms with Crippen LogP contribution in [0.3, 0.4) is 0 Å². The third-order valence-corrected chi connectivity index (χ3v) is 5.67. The molecular weight excluding hydrogens is 416 g/mol. The first-order chi connectivity index (χ1) is 14.8. The van der Waals surface area contributed by atoms with Crippen molar-refractivity contribution in [3.05, 3.63) is 94.0 Å². The zero-order chi connectivity index (χ0) is 22.4. The van der Waals surface area contributed by atoms with Crippen LogP contribution in [0.4, 0.5) is 11.4 Å². The van der Waals surface area contributed by atoms with Crippen LogP contribution in [-0.2, 0) is 10.1 Å². The molecule has 0 aliphatic carbocycles. The Labute approximate surface area is 181 Å². The second-order valence-corrected chi connectivity index (χ2v) is 8.30. The largest absolute Gasteiger partial charge is 0.377 e. The third-order valence-electron chi connectivity index (χ3n) is 4.43. The number of hydrogen-bond donors (Lipinski definition) is 0. The zero-order valence-electron chi connectivity index (χ0n) is 17.0. The van der Waals surface area contributed by atoms with Crippen molar-refractivity contribution >= 4 is 21.5 Å². The Morgan fingerprint density at radius 1 is 1.00 bits per heavy atom. The predicted octanol–water partition coefficient (Wildman–Crippen LogP) is 4.16. The maximum absolute atomic E-state index is 12.7. The van der Waals surface area contributed by atoms with Crippen molar-refractivity contribution in [2.24, 2.45) is 0 Å². The maximum Gasteiger partial charge on any atom is 0.339 e. The summed E-state index contributed by atoms with van der Waals surface area (Å²) >= 11 is 0. The van der Waals surface area contributed by atoms with Gasteiger partial charge in [0.1, 0.15) is 10.5 Å². The van der Waals surface area contributed by atoms with E-state index < -0.39 is 15.0 Å². The number of hydrogen-bond acceptors (Lipinski definition) is 6. The lowest BCUT2D eigenvalue weighted by Crippen LogP contribution is -2.19. The van der Waals surface area contributed by atoms with E-state index in [-0.39, 0.29) is 22.9 Å². The molecule has 0 aliphatic heterocycles. The molecule has 8 heteroatoms. The van der Waals surface area contributed by atoms with E-state index in [4.69, 9.17) is 4.18 Å². The highest BCUT2D eigenvalue weighted by molar-refractivity contribution is 7.87. The number of nitrogens with zero attached hydrogens (tertiary/aromatic N) is 2. The fourth-order valence-electron chi connectivity index (χ4n) is 2.79. The molecule has 0 saturated heterocycles. The highest BCUT2D eigenvalue weighted by atomic mass is 32.2. The Balaban J connectivity index is 1.81. The van der Waals surface area contributed by atoms with E-state index in [1.54, 1.807) is 66.5 Å². The van der Waals surface area contributed by atoms with Crippen LogP contribution < -0.4 is 9.08 Å². The summed E-state index contributed by atoms with van der Waals surface area (Å²) in [5, 5.41) is 11.1. The van der Waals surface area contributed by atoms with E-state index in [0.29, 0.717) is 11.3 Å². The third kappa shape index (κ3) is 5.41. The van der Waals surface area contributed by atoms with Gasteiger partial charge in [0.2, 0.25) is 0 Å². The quantitative estimate of drug-likeness (QED) is 0.249. The van der Waals surface area contributed by atoms with Crippen LogP contribution in [0.25, 0.3) is 0 Å². The summed E-state index contributed by atoms with van der Waals surface area (Å²) in [6.45, 7) is 2.07. The lowest BCUT2D eigenvalue weighted by atomic mass is 10.2. The second-order valence-electron chi connectivity index (χ2n) is 6.75. The molecule has 0 amide bonds. The van der Waals surface area contributed by atoms with Gasteiger partial charge in [0.25, 0.3) is 5.69 Å². The van der Waals surface area contributed by atoms with Gasteiger partial charge >= 0.3 is 10.1 Å². The topological polar surface area (TPSA) is 89.8 Å². The molecule has 158 valence electrons. The minimum atomic E-state index is -4.00. The minimum absolute atomic E-state index is 0.0618. The molecule has 0 aromatic heterocycles. The number of para-hydroxylation sites is 3. The first-order valence-corrected chi connectivity index (χ1v) is 10.7. The van der Waals surface area contributed by atoms with Crippen molar-refractivity contribution < 1.29 is 17.5 Å². The fraction of sp³-hybridized carbons (Fsp3) is 0.130. The SMILES string of the molecule is Cc1ccc(S(=O)(=O)Oc2ccccc2N(C)CC#Cc2ccccc2[N+](=O)[O-])cc1. The monoisotopic (exact) mass is 436 g/mol. The van der Waals surface area contributed by atoms with E-state index in [2.05, 4.69) is 11.8 Å². The van der Waals surface area contributed by atoms with E-state index in [1.807, 2.05) is 6.92 Å². The lowest BCUT2D eigenvalue weighted by molar-refractivity contribution is -0.385. The summed E-state index contributed by atoms with van der Waals surface area (Å²) in [6.07, 6.45) is 0. The average molecular weight is 436 g/mol. The van der Waals surface area contributed by atoms with Gasteiger partial charge in [-0.15, -0.1) is 0 Å². The summed E-state index contributed by atoms with van der Waals surface area (Å²) in [6, 6.07) is 19.3. The fourth-order valence-corrected chi connectivity index (χ4v) is 3.73. The predicted molar refractivity (Wildman–Crippen MR) is 119 cm³/mol. The molecule has 0 spiro atoms. The summed E-state index contributed by atoms with van der Waals surface area (Å²) < 4.78 is 30.7. The van der Waals surface area contributed by atoms with E-state index >= 15 is 0 Å². The minimum Gasteiger partial charge on any atom is -0.377 e. The maximum atomic E-state index is 12.7. The number of nitro groups is 1. The van der Waals surface area contributed by atoms with Crippen LogP contribution in [0.5, 0.6) is 5.75 Å². The van der Waals surface area contributed by atoms with E-state index in [1.165, 1.54) is 18.2 Å². The molecule has 0 unspecified atom stereocenters. The molecule has 0 aliphatic rings. The Kier molecular flexibility index (Phi) is 6.58. The van der Waals surface area contributed by atoms with Gasteiger partial charge in [-0.3, -0.25) is 10.1 Å². The summed E-state index contributed by atoms with van der Waals surface area (Å²) in [4.78, 5) is 12.4. The number of aryl methyl sites for hydroxylation is 1. The average Bonchev–Trinajstić information content (AvgIpc) is 2.74. The molecule has 0 fully saturated rings. The smallest absolute Gasteiger partial charge is 0.339 e. The van der Waals surface area contributed by atoms with Crippen LogP contribution >= 0.6 is 0 Å². The summed E-state index contributed by atoms with van der Waals surface area (Å²) in [5.41, 5.74) is 1.71. The Bertz CT molecular complexity index is 1260. The first kappa shape index (κ1) is 21.9. The zero-order valence-corrected chi connectivity index (χ0v) is 17.8. The van der Waals surface area contributed by atoms with Crippen molar-refractivity contribution in [3.8, 4) is 17.6 Å². The molecule has 3 aromatic carbocycles. The van der Waals surface area contributed by atoms with Crippen LogP contribution in [0.1, 0.15) is 11.1 Å². The van der Waals surface area contributed by atoms with Crippen molar-refractivity contribution in [3.63, 3.8) is 0 Å². The van der Waals surface area contributed by atoms with Crippen LogP contribution in [0, 0.1) is 28.9 Å². The summed E-state index contributed by atoms with van der Waals surface area (Å²) in [5.74, 6) is 5.86. The Morgan fingerprint density at radius 2 is 1.65 bits per heavy atom. The standard InChI is InChI=1S/C23H20N2O5S/c1-18-13-15-20(16-14-18)31(28,29)30-23-12-6-5-11-22(23)24(2)17-7-9-19-8-3-4-10-21(19)25(26)27/h3-6,8,10-16H,17H2,1-2H3. The molecule has 0 saturated carbocycles. The summed E-state index contributed by atoms with van der Waals surface area (Å²) in [7, 11) is -2.27. The normalized spacial score (nSPS) is 10.6. The van der Waals surface area contributed by atoms with Crippen LogP contribution in [0.2, 0.25) is 0 Å². The highest BCUT2D eigenvalue weighted by Gasteiger charge is 2.19. The number of anilines is 1. The molecule has 0 bridgehead atoms. The number of rotatable bonds is 6. The molecule has 0 radical (unpaired) electrons. The van der Waals surface area contributed by atoms with Gasteiger partial charge in [-0.2, -0.15) is 8.42 Å². The molecular formula is C23H20N2O5S. The Morgan fingerprint density at radius 3 is 2.35 bits per heavy atom. The second kappa shape index (κ2) is 9.32. The van der Waals surface area contributed by atoms with E-state index in [9.17, 15) is 18.5 Å². The van der Waals surface area contributed by atoms with Gasteiger partial charge in [0, 0.05) is 13.1 Å². The van der Waals surface area contributed by atoms with Gasteiger partial charge in [-0.05, 0) is 37.3 Å². The highest BCUT2D eigenvalue weighted by Crippen LogP contribution is 2.30. The van der Waals surface area contributed by atoms with Crippen molar-refractivity contribution in [1.29, 1.82) is 0 Å². The Hall–Kier alpha value is -3.83. The van der Waals surface area contributed by atoms with Gasteiger partial charge in [0.05, 0.1) is 17.2 Å². The first-order valence-electron chi connectivity index (χ1n) is 9.31. The van der Waals surface area contributed by atoms with Gasteiger partial charge < -0.3 is 9.08 Å². The lowest BCUT2D eigenvalue weighted by Gasteiger charge is -2.19. The number of nitro benzene ring substituents is 1. The molecule has 7 nitrogen and oxygen atoms in total. The van der Waals surface area contributed by atoms with Gasteiger partial charge in [0.15, 0.2) is 5.75 Å². The molecule has 3 aromatic rings. The van der Waals surface area contributed by atoms with Crippen LogP contribution in [-0.4, -0.2) is 26.9 Å². The van der Waals surface area contributed by atoms with Crippen LogP contribution in [0.15, 0.2) is 77.7 Å². The molecule has 31 heavy (non-hydrogen) atoms. The van der Waals surface area contributed by atoms with Crippen molar-refractivity contribution in [2.45, 2.75) is 11.8 Å². The van der Waals surface area contributed by atoms with Gasteiger partial charge in [-0.1, -0.05) is 53.8 Å². The molecule has 0 N–H and O–H groups in total.